The summed E-state index contributed by atoms with van der Waals surface area (Å²) < 4.78 is 0. The third-order valence-corrected chi connectivity index (χ3v) is 2.49. The SMILES string of the molecule is Cc1cc(C)cc(Nc2nc(C)cc(Cl)n2)c1. The van der Waals surface area contributed by atoms with Gasteiger partial charge in [0.25, 0.3) is 0 Å². The number of nitrogens with one attached hydrogen (secondary N) is 1. The lowest BCUT2D eigenvalue weighted by Crippen LogP contribution is -1.99. The van der Waals surface area contributed by atoms with E-state index < -0.39 is 0 Å². The molecular formula is C13H14ClN3. The zero-order valence-electron chi connectivity index (χ0n) is 10.1. The first-order valence-electron chi connectivity index (χ1n) is 5.39. The molecule has 0 aliphatic rings. The van der Waals surface area contributed by atoms with Crippen LogP contribution in [0.2, 0.25) is 5.15 Å². The normalized spacial score (nSPS) is 10.4. The van der Waals surface area contributed by atoms with Gasteiger partial charge in [0.1, 0.15) is 5.15 Å². The summed E-state index contributed by atoms with van der Waals surface area (Å²) >= 11 is 5.89. The average molecular weight is 248 g/mol. The summed E-state index contributed by atoms with van der Waals surface area (Å²) in [6, 6.07) is 7.95. The van der Waals surface area contributed by atoms with Gasteiger partial charge in [0.15, 0.2) is 0 Å². The molecule has 0 saturated carbocycles. The summed E-state index contributed by atoms with van der Waals surface area (Å²) in [6.07, 6.45) is 0. The van der Waals surface area contributed by atoms with Crippen LogP contribution in [0.3, 0.4) is 0 Å². The number of rotatable bonds is 2. The molecule has 4 heteroatoms. The lowest BCUT2D eigenvalue weighted by Gasteiger charge is -2.08. The second-order valence-corrected chi connectivity index (χ2v) is 4.54. The van der Waals surface area contributed by atoms with Crippen molar-refractivity contribution >= 4 is 23.2 Å². The molecule has 0 saturated heterocycles. The van der Waals surface area contributed by atoms with Gasteiger partial charge in [-0.25, -0.2) is 9.97 Å². The van der Waals surface area contributed by atoms with E-state index in [1.807, 2.05) is 19.1 Å². The van der Waals surface area contributed by atoms with E-state index in [0.29, 0.717) is 11.1 Å². The van der Waals surface area contributed by atoms with Crippen molar-refractivity contribution in [2.45, 2.75) is 20.8 Å². The van der Waals surface area contributed by atoms with Crippen LogP contribution in [-0.4, -0.2) is 9.97 Å². The molecule has 1 aromatic heterocycles. The molecule has 17 heavy (non-hydrogen) atoms. The number of hydrogen-bond donors (Lipinski definition) is 1. The van der Waals surface area contributed by atoms with Gasteiger partial charge in [0, 0.05) is 11.4 Å². The maximum atomic E-state index is 5.89. The highest BCUT2D eigenvalue weighted by atomic mass is 35.5. The summed E-state index contributed by atoms with van der Waals surface area (Å²) in [6.45, 7) is 6.00. The second kappa shape index (κ2) is 4.72. The zero-order chi connectivity index (χ0) is 12.4. The molecule has 0 atom stereocenters. The van der Waals surface area contributed by atoms with E-state index in [0.717, 1.165) is 11.4 Å². The van der Waals surface area contributed by atoms with Gasteiger partial charge in [-0.15, -0.1) is 0 Å². The second-order valence-electron chi connectivity index (χ2n) is 4.16. The van der Waals surface area contributed by atoms with Crippen LogP contribution < -0.4 is 5.32 Å². The molecular weight excluding hydrogens is 234 g/mol. The van der Waals surface area contributed by atoms with E-state index in [-0.39, 0.29) is 0 Å². The first-order chi connectivity index (χ1) is 8.02. The molecule has 0 spiro atoms. The smallest absolute Gasteiger partial charge is 0.228 e. The number of aromatic nitrogens is 2. The molecule has 0 unspecified atom stereocenters. The van der Waals surface area contributed by atoms with E-state index in [1.54, 1.807) is 6.07 Å². The van der Waals surface area contributed by atoms with Crippen molar-refractivity contribution in [3.63, 3.8) is 0 Å². The number of hydrogen-bond acceptors (Lipinski definition) is 3. The number of benzene rings is 1. The van der Waals surface area contributed by atoms with Crippen molar-refractivity contribution < 1.29 is 0 Å². The number of halogens is 1. The minimum Gasteiger partial charge on any atom is -0.324 e. The van der Waals surface area contributed by atoms with E-state index >= 15 is 0 Å². The molecule has 0 aliphatic carbocycles. The van der Waals surface area contributed by atoms with Crippen LogP contribution in [0.25, 0.3) is 0 Å². The van der Waals surface area contributed by atoms with E-state index in [9.17, 15) is 0 Å². The van der Waals surface area contributed by atoms with Gasteiger partial charge < -0.3 is 5.32 Å². The molecule has 2 aromatic rings. The maximum Gasteiger partial charge on any atom is 0.228 e. The van der Waals surface area contributed by atoms with Crippen LogP contribution in [0, 0.1) is 20.8 Å². The van der Waals surface area contributed by atoms with Gasteiger partial charge in [0.2, 0.25) is 5.95 Å². The summed E-state index contributed by atoms with van der Waals surface area (Å²) in [5, 5.41) is 3.61. The fourth-order valence-electron chi connectivity index (χ4n) is 1.76. The van der Waals surface area contributed by atoms with Gasteiger partial charge in [-0.2, -0.15) is 0 Å². The lowest BCUT2D eigenvalue weighted by molar-refractivity contribution is 1.10. The number of anilines is 2. The van der Waals surface area contributed by atoms with Gasteiger partial charge in [-0.3, -0.25) is 0 Å². The molecule has 2 rings (SSSR count). The average Bonchev–Trinajstić information content (AvgIpc) is 2.13. The fourth-order valence-corrected chi connectivity index (χ4v) is 2.00. The highest BCUT2D eigenvalue weighted by Crippen LogP contribution is 2.18. The first kappa shape index (κ1) is 11.9. The summed E-state index contributed by atoms with van der Waals surface area (Å²) in [5.74, 6) is 0.528. The van der Waals surface area contributed by atoms with Crippen molar-refractivity contribution in [2.75, 3.05) is 5.32 Å². The van der Waals surface area contributed by atoms with Gasteiger partial charge in [0.05, 0.1) is 0 Å². The predicted octanol–water partition coefficient (Wildman–Crippen LogP) is 3.80. The van der Waals surface area contributed by atoms with Gasteiger partial charge in [-0.1, -0.05) is 17.7 Å². The van der Waals surface area contributed by atoms with Crippen LogP contribution in [0.5, 0.6) is 0 Å². The van der Waals surface area contributed by atoms with Crippen LogP contribution in [0.1, 0.15) is 16.8 Å². The zero-order valence-corrected chi connectivity index (χ0v) is 10.8. The van der Waals surface area contributed by atoms with Crippen molar-refractivity contribution in [2.24, 2.45) is 0 Å². The predicted molar refractivity (Wildman–Crippen MR) is 71.0 cm³/mol. The minimum atomic E-state index is 0.448. The van der Waals surface area contributed by atoms with E-state index in [2.05, 4.69) is 35.2 Å². The lowest BCUT2D eigenvalue weighted by atomic mass is 10.1. The highest BCUT2D eigenvalue weighted by molar-refractivity contribution is 6.29. The van der Waals surface area contributed by atoms with Crippen molar-refractivity contribution in [1.29, 1.82) is 0 Å². The fraction of sp³-hybridized carbons (Fsp3) is 0.231. The van der Waals surface area contributed by atoms with Crippen molar-refractivity contribution in [1.82, 2.24) is 9.97 Å². The molecule has 3 nitrogen and oxygen atoms in total. The monoisotopic (exact) mass is 247 g/mol. The van der Waals surface area contributed by atoms with Gasteiger partial charge >= 0.3 is 0 Å². The Morgan fingerprint density at radius 2 is 1.59 bits per heavy atom. The highest BCUT2D eigenvalue weighted by Gasteiger charge is 2.02. The Labute approximate surface area is 106 Å². The maximum absolute atomic E-state index is 5.89. The third kappa shape index (κ3) is 3.17. The van der Waals surface area contributed by atoms with Crippen molar-refractivity contribution in [3.8, 4) is 0 Å². The van der Waals surface area contributed by atoms with Crippen LogP contribution in [0.4, 0.5) is 11.6 Å². The Hall–Kier alpha value is -1.61. The Morgan fingerprint density at radius 1 is 0.941 bits per heavy atom. The topological polar surface area (TPSA) is 37.8 Å². The molecule has 0 amide bonds. The minimum absolute atomic E-state index is 0.448. The molecule has 88 valence electrons. The molecule has 1 aromatic carbocycles. The molecule has 1 heterocycles. The van der Waals surface area contributed by atoms with Crippen molar-refractivity contribution in [3.05, 3.63) is 46.2 Å². The summed E-state index contributed by atoms with van der Waals surface area (Å²) in [4.78, 5) is 8.41. The number of aryl methyl sites for hydroxylation is 3. The summed E-state index contributed by atoms with van der Waals surface area (Å²) in [5.41, 5.74) is 4.22. The van der Waals surface area contributed by atoms with E-state index in [1.165, 1.54) is 11.1 Å². The number of nitrogens with zero attached hydrogens (tertiary/aromatic N) is 2. The standard InChI is InChI=1S/C13H14ClN3/c1-8-4-9(2)6-11(5-8)16-13-15-10(3)7-12(14)17-13/h4-7H,1-3H3,(H,15,16,17). The summed E-state index contributed by atoms with van der Waals surface area (Å²) in [7, 11) is 0. The molecule has 0 aliphatic heterocycles. The Kier molecular flexibility index (Phi) is 3.29. The van der Waals surface area contributed by atoms with Crippen LogP contribution >= 0.6 is 11.6 Å². The Bertz CT molecular complexity index is 462. The molecule has 0 radical (unpaired) electrons. The molecule has 0 fully saturated rings. The Morgan fingerprint density at radius 3 is 2.18 bits per heavy atom. The third-order valence-electron chi connectivity index (χ3n) is 2.30. The quantitative estimate of drug-likeness (QED) is 0.821. The molecule has 0 bridgehead atoms. The van der Waals surface area contributed by atoms with Crippen LogP contribution in [-0.2, 0) is 0 Å². The van der Waals surface area contributed by atoms with E-state index in [4.69, 9.17) is 11.6 Å². The largest absolute Gasteiger partial charge is 0.324 e. The van der Waals surface area contributed by atoms with Crippen LogP contribution in [0.15, 0.2) is 24.3 Å². The van der Waals surface area contributed by atoms with Gasteiger partial charge in [-0.05, 0) is 50.1 Å². The Balaban J connectivity index is 2.31. The first-order valence-corrected chi connectivity index (χ1v) is 5.77. The molecule has 1 N–H and O–H groups in total.